The molecule has 0 rings (SSSR count). The minimum atomic E-state index is -0.538. The number of hydrogen-bond acceptors (Lipinski definition) is 4. The van der Waals surface area contributed by atoms with Crippen LogP contribution in [0, 0.1) is 0 Å². The predicted octanol–water partition coefficient (Wildman–Crippen LogP) is 1.08. The van der Waals surface area contributed by atoms with Gasteiger partial charge in [-0.2, -0.15) is 0 Å². The summed E-state index contributed by atoms with van der Waals surface area (Å²) < 4.78 is 10.0. The predicted molar refractivity (Wildman–Crippen MR) is 54.9 cm³/mol. The van der Waals surface area contributed by atoms with Gasteiger partial charge in [0.15, 0.2) is 0 Å². The molecule has 0 aromatic heterocycles. The highest BCUT2D eigenvalue weighted by Gasteiger charge is 2.21. The first-order valence-corrected chi connectivity index (χ1v) is 4.90. The molecule has 0 aliphatic carbocycles. The maximum atomic E-state index is 11.2. The van der Waals surface area contributed by atoms with Gasteiger partial charge in [-0.25, -0.2) is 0 Å². The number of nitrogens with two attached hydrogens (primary N) is 1. The van der Waals surface area contributed by atoms with Crippen LogP contribution in [0.4, 0.5) is 0 Å². The van der Waals surface area contributed by atoms with Gasteiger partial charge in [-0.1, -0.05) is 0 Å². The molecule has 0 aromatic rings. The molecule has 0 fully saturated rings. The first-order valence-electron chi connectivity index (χ1n) is 4.90. The topological polar surface area (TPSA) is 61.5 Å². The first kappa shape index (κ1) is 13.4. The van der Waals surface area contributed by atoms with E-state index < -0.39 is 6.04 Å². The van der Waals surface area contributed by atoms with Gasteiger partial charge in [0.1, 0.15) is 6.04 Å². The summed E-state index contributed by atoms with van der Waals surface area (Å²) in [6, 6.07) is -0.538. The molecule has 0 radical (unpaired) electrons. The van der Waals surface area contributed by atoms with E-state index in [0.29, 0.717) is 13.0 Å². The summed E-state index contributed by atoms with van der Waals surface area (Å²) in [6.45, 7) is 6.07. The van der Waals surface area contributed by atoms with Crippen molar-refractivity contribution in [1.29, 1.82) is 0 Å². The third-order valence-electron chi connectivity index (χ3n) is 2.20. The molecule has 14 heavy (non-hydrogen) atoms. The van der Waals surface area contributed by atoms with Crippen molar-refractivity contribution >= 4 is 5.97 Å². The molecule has 0 amide bonds. The van der Waals surface area contributed by atoms with Crippen LogP contribution in [-0.4, -0.2) is 31.3 Å². The van der Waals surface area contributed by atoms with E-state index in [2.05, 4.69) is 0 Å². The first-order chi connectivity index (χ1) is 6.43. The van der Waals surface area contributed by atoms with Crippen LogP contribution in [0.1, 0.15) is 33.6 Å². The highest BCUT2D eigenvalue weighted by Crippen LogP contribution is 2.16. The highest BCUT2D eigenvalue weighted by molar-refractivity contribution is 5.75. The molecule has 0 spiro atoms. The Morgan fingerprint density at radius 3 is 2.50 bits per heavy atom. The van der Waals surface area contributed by atoms with Gasteiger partial charge in [0.25, 0.3) is 0 Å². The minimum absolute atomic E-state index is 0.232. The maximum absolute atomic E-state index is 11.2. The van der Waals surface area contributed by atoms with Crippen molar-refractivity contribution in [3.8, 4) is 0 Å². The van der Waals surface area contributed by atoms with Crippen LogP contribution in [0.15, 0.2) is 0 Å². The quantitative estimate of drug-likeness (QED) is 0.656. The Balaban J connectivity index is 3.84. The number of carbonyl (C=O) groups excluding carboxylic acids is 1. The molecular formula is C10H21NO3. The fourth-order valence-electron chi connectivity index (χ4n) is 0.972. The van der Waals surface area contributed by atoms with E-state index in [9.17, 15) is 4.79 Å². The van der Waals surface area contributed by atoms with Crippen molar-refractivity contribution < 1.29 is 14.3 Å². The maximum Gasteiger partial charge on any atom is 0.322 e. The molecule has 84 valence electrons. The van der Waals surface area contributed by atoms with E-state index in [1.54, 1.807) is 14.0 Å². The number of esters is 1. The van der Waals surface area contributed by atoms with Gasteiger partial charge in [0.2, 0.25) is 0 Å². The molecule has 0 aliphatic rings. The zero-order valence-electron chi connectivity index (χ0n) is 9.50. The molecule has 4 nitrogen and oxygen atoms in total. The lowest BCUT2D eigenvalue weighted by Crippen LogP contribution is -2.35. The fourth-order valence-corrected chi connectivity index (χ4v) is 0.972. The number of methoxy groups -OCH3 is 1. The number of ether oxygens (including phenoxy) is 2. The summed E-state index contributed by atoms with van der Waals surface area (Å²) in [6.07, 6.45) is 1.32. The second-order valence-electron chi connectivity index (χ2n) is 3.86. The van der Waals surface area contributed by atoms with Crippen LogP contribution >= 0.6 is 0 Å². The second-order valence-corrected chi connectivity index (χ2v) is 3.86. The Morgan fingerprint density at radius 1 is 1.50 bits per heavy atom. The van der Waals surface area contributed by atoms with Crippen LogP contribution in [0.25, 0.3) is 0 Å². The van der Waals surface area contributed by atoms with Crippen LogP contribution < -0.4 is 5.73 Å². The van der Waals surface area contributed by atoms with Gasteiger partial charge < -0.3 is 15.2 Å². The van der Waals surface area contributed by atoms with Gasteiger partial charge in [0, 0.05) is 7.11 Å². The van der Waals surface area contributed by atoms with Crippen LogP contribution in [0.2, 0.25) is 0 Å². The average Bonchev–Trinajstić information content (AvgIpc) is 2.15. The molecule has 0 saturated carbocycles. The molecule has 0 heterocycles. The summed E-state index contributed by atoms with van der Waals surface area (Å²) >= 11 is 0. The van der Waals surface area contributed by atoms with Gasteiger partial charge in [0.05, 0.1) is 12.2 Å². The summed E-state index contributed by atoms with van der Waals surface area (Å²) in [4.78, 5) is 11.2. The lowest BCUT2D eigenvalue weighted by Gasteiger charge is -2.23. The van der Waals surface area contributed by atoms with E-state index in [1.807, 2.05) is 13.8 Å². The van der Waals surface area contributed by atoms with Crippen molar-refractivity contribution in [2.24, 2.45) is 5.73 Å². The Kier molecular flexibility index (Phi) is 5.72. The molecule has 1 atom stereocenters. The molecule has 0 aliphatic heterocycles. The summed E-state index contributed by atoms with van der Waals surface area (Å²) in [5.74, 6) is -0.334. The number of carbonyl (C=O) groups is 1. The van der Waals surface area contributed by atoms with Crippen LogP contribution in [-0.2, 0) is 14.3 Å². The Morgan fingerprint density at radius 2 is 2.07 bits per heavy atom. The van der Waals surface area contributed by atoms with E-state index >= 15 is 0 Å². The van der Waals surface area contributed by atoms with Crippen molar-refractivity contribution in [3.05, 3.63) is 0 Å². The monoisotopic (exact) mass is 203 g/mol. The van der Waals surface area contributed by atoms with E-state index in [4.69, 9.17) is 15.2 Å². The fraction of sp³-hybridized carbons (Fsp3) is 0.900. The van der Waals surface area contributed by atoms with Crippen molar-refractivity contribution in [3.63, 3.8) is 0 Å². The lowest BCUT2D eigenvalue weighted by atomic mass is 9.99. The zero-order valence-corrected chi connectivity index (χ0v) is 9.50. The molecular weight excluding hydrogens is 182 g/mol. The minimum Gasteiger partial charge on any atom is -0.465 e. The molecule has 4 heteroatoms. The summed E-state index contributed by atoms with van der Waals surface area (Å²) in [7, 11) is 1.65. The number of hydrogen-bond donors (Lipinski definition) is 1. The molecule has 1 unspecified atom stereocenters. The normalized spacial score (nSPS) is 13.8. The van der Waals surface area contributed by atoms with Crippen LogP contribution in [0.5, 0.6) is 0 Å². The van der Waals surface area contributed by atoms with Gasteiger partial charge in [-0.15, -0.1) is 0 Å². The Bertz CT molecular complexity index is 180. The molecule has 2 N–H and O–H groups in total. The van der Waals surface area contributed by atoms with Gasteiger partial charge in [-0.05, 0) is 33.6 Å². The Labute approximate surface area is 85.8 Å². The smallest absolute Gasteiger partial charge is 0.322 e. The second kappa shape index (κ2) is 5.98. The lowest BCUT2D eigenvalue weighted by molar-refractivity contribution is -0.145. The van der Waals surface area contributed by atoms with E-state index in [0.717, 1.165) is 6.42 Å². The average molecular weight is 203 g/mol. The van der Waals surface area contributed by atoms with Crippen molar-refractivity contribution in [2.75, 3.05) is 13.7 Å². The Hall–Kier alpha value is -0.610. The zero-order chi connectivity index (χ0) is 11.2. The third kappa shape index (κ3) is 5.19. The summed E-state index contributed by atoms with van der Waals surface area (Å²) in [5, 5.41) is 0. The molecule has 0 bridgehead atoms. The van der Waals surface area contributed by atoms with E-state index in [1.165, 1.54) is 0 Å². The largest absolute Gasteiger partial charge is 0.465 e. The standard InChI is InChI=1S/C10H21NO3/c1-5-14-9(12)8(11)6-7-10(2,3)13-4/h8H,5-7,11H2,1-4H3. The highest BCUT2D eigenvalue weighted by atomic mass is 16.5. The third-order valence-corrected chi connectivity index (χ3v) is 2.20. The van der Waals surface area contributed by atoms with E-state index in [-0.39, 0.29) is 11.6 Å². The van der Waals surface area contributed by atoms with Crippen LogP contribution in [0.3, 0.4) is 0 Å². The van der Waals surface area contributed by atoms with Gasteiger partial charge >= 0.3 is 5.97 Å². The number of rotatable bonds is 6. The van der Waals surface area contributed by atoms with Gasteiger partial charge in [-0.3, -0.25) is 4.79 Å². The molecule has 0 saturated heterocycles. The summed E-state index contributed by atoms with van der Waals surface area (Å²) in [5.41, 5.74) is 5.40. The SMILES string of the molecule is CCOC(=O)C(N)CCC(C)(C)OC. The van der Waals surface area contributed by atoms with Crippen molar-refractivity contribution in [2.45, 2.75) is 45.3 Å². The molecule has 0 aromatic carbocycles. The van der Waals surface area contributed by atoms with Crippen molar-refractivity contribution in [1.82, 2.24) is 0 Å².